The van der Waals surface area contributed by atoms with Crippen molar-refractivity contribution in [3.05, 3.63) is 53.4 Å². The maximum Gasteiger partial charge on any atom is 0.162 e. The van der Waals surface area contributed by atoms with Crippen LogP contribution >= 0.6 is 11.3 Å². The molecule has 1 aromatic heterocycles. The third-order valence-electron chi connectivity index (χ3n) is 3.72. The molecule has 0 aliphatic carbocycles. The molecule has 1 aliphatic heterocycles. The minimum atomic E-state index is 0.599. The first kappa shape index (κ1) is 13.3. The van der Waals surface area contributed by atoms with Gasteiger partial charge in [-0.15, -0.1) is 11.3 Å². The van der Waals surface area contributed by atoms with Crippen molar-refractivity contribution in [1.29, 1.82) is 0 Å². The number of ether oxygens (including phenoxy) is 2. The van der Waals surface area contributed by atoms with Gasteiger partial charge >= 0.3 is 0 Å². The van der Waals surface area contributed by atoms with E-state index in [0.717, 1.165) is 27.8 Å². The fourth-order valence-electron chi connectivity index (χ4n) is 2.55. The lowest BCUT2D eigenvalue weighted by Crippen LogP contribution is -2.15. The van der Waals surface area contributed by atoms with Crippen LogP contribution in [0.3, 0.4) is 0 Å². The highest BCUT2D eigenvalue weighted by Gasteiger charge is 2.14. The first-order valence-corrected chi connectivity index (χ1v) is 8.11. The van der Waals surface area contributed by atoms with Crippen molar-refractivity contribution in [3.63, 3.8) is 0 Å². The van der Waals surface area contributed by atoms with Gasteiger partial charge in [-0.2, -0.15) is 0 Å². The smallest absolute Gasteiger partial charge is 0.162 e. The van der Waals surface area contributed by atoms with Crippen LogP contribution in [0, 0.1) is 6.92 Å². The molecule has 0 spiro atoms. The molecular formula is C18H15NO2S. The Morgan fingerprint density at radius 1 is 1.00 bits per heavy atom. The summed E-state index contributed by atoms with van der Waals surface area (Å²) in [5.74, 6) is 1.61. The van der Waals surface area contributed by atoms with E-state index in [1.54, 1.807) is 11.3 Å². The zero-order valence-corrected chi connectivity index (χ0v) is 13.0. The number of hydrogen-bond donors (Lipinski definition) is 0. The first-order valence-electron chi connectivity index (χ1n) is 7.23. The highest BCUT2D eigenvalue weighted by Crippen LogP contribution is 2.36. The highest BCUT2D eigenvalue weighted by atomic mass is 32.1. The van der Waals surface area contributed by atoms with E-state index < -0.39 is 0 Å². The van der Waals surface area contributed by atoms with Gasteiger partial charge in [0.15, 0.2) is 11.5 Å². The Labute approximate surface area is 133 Å². The van der Waals surface area contributed by atoms with Crippen molar-refractivity contribution < 1.29 is 9.47 Å². The Kier molecular flexibility index (Phi) is 3.31. The van der Waals surface area contributed by atoms with E-state index in [1.807, 2.05) is 30.3 Å². The molecule has 0 saturated carbocycles. The van der Waals surface area contributed by atoms with Crippen LogP contribution in [0.25, 0.3) is 21.8 Å². The molecule has 3 aromatic rings. The molecule has 0 N–H and O–H groups in total. The molecule has 110 valence electrons. The normalized spacial score (nSPS) is 13.1. The van der Waals surface area contributed by atoms with Crippen molar-refractivity contribution in [2.24, 2.45) is 0 Å². The Morgan fingerprint density at radius 3 is 2.68 bits per heavy atom. The maximum absolute atomic E-state index is 5.65. The number of hydrogen-bond acceptors (Lipinski definition) is 4. The van der Waals surface area contributed by atoms with E-state index in [1.165, 1.54) is 11.1 Å². The molecule has 1 aliphatic rings. The lowest BCUT2D eigenvalue weighted by Gasteiger charge is -2.18. The molecule has 0 unspecified atom stereocenters. The van der Waals surface area contributed by atoms with Crippen LogP contribution in [0.2, 0.25) is 0 Å². The van der Waals surface area contributed by atoms with Crippen LogP contribution in [0.4, 0.5) is 0 Å². The van der Waals surface area contributed by atoms with E-state index in [2.05, 4.69) is 24.4 Å². The number of benzene rings is 2. The maximum atomic E-state index is 5.65. The molecule has 0 bridgehead atoms. The summed E-state index contributed by atoms with van der Waals surface area (Å²) in [7, 11) is 0. The predicted molar refractivity (Wildman–Crippen MR) is 88.7 cm³/mol. The molecular weight excluding hydrogens is 294 g/mol. The summed E-state index contributed by atoms with van der Waals surface area (Å²) in [5, 5.41) is 3.13. The summed E-state index contributed by atoms with van der Waals surface area (Å²) >= 11 is 1.67. The molecule has 2 heterocycles. The van der Waals surface area contributed by atoms with E-state index in [0.29, 0.717) is 13.2 Å². The second-order valence-corrected chi connectivity index (χ2v) is 6.07. The lowest BCUT2D eigenvalue weighted by molar-refractivity contribution is 0.171. The molecule has 4 heteroatoms. The van der Waals surface area contributed by atoms with Gasteiger partial charge in [-0.3, -0.25) is 0 Å². The van der Waals surface area contributed by atoms with Gasteiger partial charge in [0.25, 0.3) is 0 Å². The number of aryl methyl sites for hydroxylation is 1. The fraction of sp³-hybridized carbons (Fsp3) is 0.167. The van der Waals surface area contributed by atoms with Crippen molar-refractivity contribution >= 4 is 11.3 Å². The molecule has 0 atom stereocenters. The van der Waals surface area contributed by atoms with Crippen LogP contribution in [0.15, 0.2) is 47.8 Å². The molecule has 22 heavy (non-hydrogen) atoms. The van der Waals surface area contributed by atoms with Gasteiger partial charge in [-0.05, 0) is 30.7 Å². The SMILES string of the molecule is Cc1ccccc1-c1nc(-c2ccc3c(c2)OCCO3)cs1. The number of fused-ring (bicyclic) bond motifs is 1. The Bertz CT molecular complexity index is 825. The third-order valence-corrected chi connectivity index (χ3v) is 4.59. The monoisotopic (exact) mass is 309 g/mol. The Morgan fingerprint density at radius 2 is 1.82 bits per heavy atom. The zero-order chi connectivity index (χ0) is 14.9. The Hall–Kier alpha value is -2.33. The molecule has 0 saturated heterocycles. The summed E-state index contributed by atoms with van der Waals surface area (Å²) in [4.78, 5) is 4.78. The van der Waals surface area contributed by atoms with Gasteiger partial charge in [-0.1, -0.05) is 24.3 Å². The van der Waals surface area contributed by atoms with E-state index in [-0.39, 0.29) is 0 Å². The third kappa shape index (κ3) is 2.35. The van der Waals surface area contributed by atoms with Gasteiger partial charge in [-0.25, -0.2) is 4.98 Å². The topological polar surface area (TPSA) is 31.4 Å². The van der Waals surface area contributed by atoms with Gasteiger partial charge < -0.3 is 9.47 Å². The lowest BCUT2D eigenvalue weighted by atomic mass is 10.1. The number of aromatic nitrogens is 1. The molecule has 0 amide bonds. The van der Waals surface area contributed by atoms with Gasteiger partial charge in [0.2, 0.25) is 0 Å². The summed E-state index contributed by atoms with van der Waals surface area (Å²) in [6.07, 6.45) is 0. The summed E-state index contributed by atoms with van der Waals surface area (Å²) in [5.41, 5.74) is 4.46. The fourth-order valence-corrected chi connectivity index (χ4v) is 3.46. The molecule has 4 rings (SSSR count). The standard InChI is InChI=1S/C18H15NO2S/c1-12-4-2-3-5-14(12)18-19-15(11-22-18)13-6-7-16-17(10-13)21-9-8-20-16/h2-7,10-11H,8-9H2,1H3. The minimum Gasteiger partial charge on any atom is -0.486 e. The van der Waals surface area contributed by atoms with E-state index >= 15 is 0 Å². The molecule has 0 fully saturated rings. The Balaban J connectivity index is 1.71. The first-order chi connectivity index (χ1) is 10.8. The summed E-state index contributed by atoms with van der Waals surface area (Å²) < 4.78 is 11.2. The van der Waals surface area contributed by atoms with Gasteiger partial charge in [0.05, 0.1) is 5.69 Å². The number of rotatable bonds is 2. The minimum absolute atomic E-state index is 0.599. The summed E-state index contributed by atoms with van der Waals surface area (Å²) in [6, 6.07) is 14.3. The number of nitrogens with zero attached hydrogens (tertiary/aromatic N) is 1. The van der Waals surface area contributed by atoms with Crippen LogP contribution in [0.1, 0.15) is 5.56 Å². The van der Waals surface area contributed by atoms with Crippen molar-refractivity contribution in [2.45, 2.75) is 6.92 Å². The van der Waals surface area contributed by atoms with Crippen molar-refractivity contribution in [1.82, 2.24) is 4.98 Å². The summed E-state index contributed by atoms with van der Waals surface area (Å²) in [6.45, 7) is 3.32. The predicted octanol–water partition coefficient (Wildman–Crippen LogP) is 4.56. The number of thiazole rings is 1. The molecule has 0 radical (unpaired) electrons. The molecule has 3 nitrogen and oxygen atoms in total. The highest BCUT2D eigenvalue weighted by molar-refractivity contribution is 7.13. The quantitative estimate of drug-likeness (QED) is 0.695. The second kappa shape index (κ2) is 5.46. The van der Waals surface area contributed by atoms with Crippen molar-refractivity contribution in [2.75, 3.05) is 13.2 Å². The largest absolute Gasteiger partial charge is 0.486 e. The van der Waals surface area contributed by atoms with E-state index in [4.69, 9.17) is 14.5 Å². The average molecular weight is 309 g/mol. The van der Waals surface area contributed by atoms with Crippen LogP contribution in [-0.4, -0.2) is 18.2 Å². The average Bonchev–Trinajstić information content (AvgIpc) is 3.04. The van der Waals surface area contributed by atoms with Gasteiger partial charge in [0.1, 0.15) is 18.2 Å². The van der Waals surface area contributed by atoms with E-state index in [9.17, 15) is 0 Å². The van der Waals surface area contributed by atoms with Crippen LogP contribution < -0.4 is 9.47 Å². The molecule has 2 aromatic carbocycles. The van der Waals surface area contributed by atoms with Gasteiger partial charge in [0, 0.05) is 16.5 Å². The zero-order valence-electron chi connectivity index (χ0n) is 12.2. The van der Waals surface area contributed by atoms with Crippen LogP contribution in [0.5, 0.6) is 11.5 Å². The second-order valence-electron chi connectivity index (χ2n) is 5.21. The van der Waals surface area contributed by atoms with Crippen molar-refractivity contribution in [3.8, 4) is 33.3 Å². The van der Waals surface area contributed by atoms with Crippen LogP contribution in [-0.2, 0) is 0 Å².